The SMILES string of the molecule is Cc1cc(C(=O)CON=C(N)COc2ccccc2)c(C)n1-c1nccs1. The molecule has 3 aromatic rings. The molecule has 2 N–H and O–H groups in total. The Morgan fingerprint density at radius 3 is 2.74 bits per heavy atom. The summed E-state index contributed by atoms with van der Waals surface area (Å²) in [4.78, 5) is 21.9. The zero-order valence-corrected chi connectivity index (χ0v) is 15.9. The summed E-state index contributed by atoms with van der Waals surface area (Å²) in [5, 5.41) is 6.47. The Morgan fingerprint density at radius 2 is 2.04 bits per heavy atom. The van der Waals surface area contributed by atoms with Gasteiger partial charge in [0.25, 0.3) is 0 Å². The van der Waals surface area contributed by atoms with E-state index >= 15 is 0 Å². The molecule has 27 heavy (non-hydrogen) atoms. The fourth-order valence-electron chi connectivity index (χ4n) is 2.62. The second-order valence-corrected chi connectivity index (χ2v) is 6.69. The molecule has 0 fully saturated rings. The molecule has 1 aromatic carbocycles. The first-order valence-electron chi connectivity index (χ1n) is 8.30. The number of carbonyl (C=O) groups excluding carboxylic acids is 1. The summed E-state index contributed by atoms with van der Waals surface area (Å²) < 4.78 is 7.41. The van der Waals surface area contributed by atoms with Crippen LogP contribution in [-0.2, 0) is 4.84 Å². The van der Waals surface area contributed by atoms with Crippen LogP contribution >= 0.6 is 11.3 Å². The topological polar surface area (TPSA) is 91.7 Å². The minimum Gasteiger partial charge on any atom is -0.486 e. The number of carbonyl (C=O) groups is 1. The van der Waals surface area contributed by atoms with E-state index in [0.29, 0.717) is 11.3 Å². The van der Waals surface area contributed by atoms with E-state index in [1.54, 1.807) is 6.20 Å². The monoisotopic (exact) mass is 384 g/mol. The maximum absolute atomic E-state index is 12.5. The molecule has 0 aliphatic rings. The summed E-state index contributed by atoms with van der Waals surface area (Å²) in [6, 6.07) is 11.1. The van der Waals surface area contributed by atoms with Crippen molar-refractivity contribution >= 4 is 23.0 Å². The minimum atomic E-state index is -0.200. The Balaban J connectivity index is 1.57. The van der Waals surface area contributed by atoms with E-state index in [1.807, 2.05) is 60.2 Å². The smallest absolute Gasteiger partial charge is 0.204 e. The average Bonchev–Trinajstić information content (AvgIpc) is 3.28. The lowest BCUT2D eigenvalue weighted by Gasteiger charge is -2.06. The van der Waals surface area contributed by atoms with E-state index in [-0.39, 0.29) is 24.8 Å². The van der Waals surface area contributed by atoms with Crippen molar-refractivity contribution in [2.75, 3.05) is 13.2 Å². The van der Waals surface area contributed by atoms with Crippen molar-refractivity contribution in [3.8, 4) is 10.9 Å². The highest BCUT2D eigenvalue weighted by atomic mass is 32.1. The molecule has 8 heteroatoms. The minimum absolute atomic E-state index is 0.0801. The number of ketones is 1. The average molecular weight is 384 g/mol. The van der Waals surface area contributed by atoms with Crippen LogP contribution in [0.2, 0.25) is 0 Å². The molecule has 0 amide bonds. The standard InChI is InChI=1S/C19H20N4O3S/c1-13-10-16(14(2)23(13)19-21-8-9-27-19)17(24)11-26-22-18(20)12-25-15-6-4-3-5-7-15/h3-10H,11-12H2,1-2H3,(H2,20,22). The highest BCUT2D eigenvalue weighted by molar-refractivity contribution is 7.12. The van der Waals surface area contributed by atoms with Gasteiger partial charge in [0.15, 0.2) is 17.6 Å². The number of hydrogen-bond acceptors (Lipinski definition) is 6. The number of ether oxygens (including phenoxy) is 1. The molecule has 2 heterocycles. The third kappa shape index (κ3) is 4.53. The molecule has 0 aliphatic carbocycles. The van der Waals surface area contributed by atoms with E-state index in [2.05, 4.69) is 10.1 Å². The first kappa shape index (κ1) is 18.7. The van der Waals surface area contributed by atoms with Crippen LogP contribution in [-0.4, -0.2) is 34.4 Å². The summed E-state index contributed by atoms with van der Waals surface area (Å²) in [6.07, 6.45) is 1.73. The lowest BCUT2D eigenvalue weighted by Crippen LogP contribution is -2.22. The van der Waals surface area contributed by atoms with Crippen molar-refractivity contribution < 1.29 is 14.4 Å². The molecule has 140 valence electrons. The van der Waals surface area contributed by atoms with Gasteiger partial charge in [-0.25, -0.2) is 4.98 Å². The molecule has 3 rings (SSSR count). The van der Waals surface area contributed by atoms with Crippen LogP contribution in [0.4, 0.5) is 0 Å². The van der Waals surface area contributed by atoms with Gasteiger partial charge in [-0.15, -0.1) is 11.3 Å². The molecule has 0 atom stereocenters. The molecule has 0 unspecified atom stereocenters. The van der Waals surface area contributed by atoms with Gasteiger partial charge in [0.2, 0.25) is 5.78 Å². The Bertz CT molecular complexity index is 934. The normalized spacial score (nSPS) is 11.4. The predicted molar refractivity (Wildman–Crippen MR) is 105 cm³/mol. The van der Waals surface area contributed by atoms with Crippen LogP contribution in [0.15, 0.2) is 53.1 Å². The van der Waals surface area contributed by atoms with Crippen molar-refractivity contribution in [2.24, 2.45) is 10.9 Å². The van der Waals surface area contributed by atoms with Crippen molar-refractivity contribution in [2.45, 2.75) is 13.8 Å². The Labute approximate surface area is 161 Å². The third-order valence-corrected chi connectivity index (χ3v) is 4.61. The van der Waals surface area contributed by atoms with Crippen molar-refractivity contribution in [3.05, 3.63) is 64.9 Å². The van der Waals surface area contributed by atoms with Crippen LogP contribution in [0.3, 0.4) is 0 Å². The molecule has 0 aliphatic heterocycles. The number of benzene rings is 1. The number of aryl methyl sites for hydroxylation is 1. The maximum Gasteiger partial charge on any atom is 0.204 e. The fourth-order valence-corrected chi connectivity index (χ4v) is 3.37. The van der Waals surface area contributed by atoms with Gasteiger partial charge in [0, 0.05) is 28.5 Å². The van der Waals surface area contributed by atoms with Gasteiger partial charge in [-0.2, -0.15) is 0 Å². The number of nitrogens with zero attached hydrogens (tertiary/aromatic N) is 3. The zero-order valence-electron chi connectivity index (χ0n) is 15.1. The van der Waals surface area contributed by atoms with Crippen molar-refractivity contribution in [3.63, 3.8) is 0 Å². The molecule has 2 aromatic heterocycles. The molecule has 0 bridgehead atoms. The second kappa shape index (κ2) is 8.50. The summed E-state index contributed by atoms with van der Waals surface area (Å²) in [5.74, 6) is 0.660. The Morgan fingerprint density at radius 1 is 1.26 bits per heavy atom. The molecule has 0 saturated carbocycles. The van der Waals surface area contributed by atoms with Gasteiger partial charge in [-0.1, -0.05) is 23.4 Å². The first-order chi connectivity index (χ1) is 13.1. The fraction of sp³-hybridized carbons (Fsp3) is 0.211. The molecule has 0 radical (unpaired) electrons. The van der Waals surface area contributed by atoms with Gasteiger partial charge < -0.3 is 15.3 Å². The third-order valence-electron chi connectivity index (χ3n) is 3.85. The van der Waals surface area contributed by atoms with Gasteiger partial charge in [0.05, 0.1) is 0 Å². The highest BCUT2D eigenvalue weighted by Gasteiger charge is 2.18. The van der Waals surface area contributed by atoms with E-state index < -0.39 is 0 Å². The lowest BCUT2D eigenvalue weighted by molar-refractivity contribution is 0.0772. The number of oxime groups is 1. The number of nitrogens with two attached hydrogens (primary N) is 1. The van der Waals surface area contributed by atoms with E-state index in [4.69, 9.17) is 15.3 Å². The molecule has 0 spiro atoms. The maximum atomic E-state index is 12.5. The largest absolute Gasteiger partial charge is 0.486 e. The number of amidine groups is 1. The summed E-state index contributed by atoms with van der Waals surface area (Å²) >= 11 is 1.51. The Kier molecular flexibility index (Phi) is 5.87. The zero-order chi connectivity index (χ0) is 19.2. The number of rotatable bonds is 8. The van der Waals surface area contributed by atoms with Crippen LogP contribution in [0.25, 0.3) is 5.13 Å². The Hall–Kier alpha value is -3.13. The second-order valence-electron chi connectivity index (χ2n) is 5.82. The summed E-state index contributed by atoms with van der Waals surface area (Å²) in [5.41, 5.74) is 8.08. The van der Waals surface area contributed by atoms with Crippen LogP contribution in [0.5, 0.6) is 5.75 Å². The van der Waals surface area contributed by atoms with Crippen LogP contribution in [0, 0.1) is 13.8 Å². The van der Waals surface area contributed by atoms with Gasteiger partial charge >= 0.3 is 0 Å². The highest BCUT2D eigenvalue weighted by Crippen LogP contribution is 2.22. The van der Waals surface area contributed by atoms with Crippen LogP contribution in [0.1, 0.15) is 21.7 Å². The number of Topliss-reactive ketones (excluding diaryl/α,β-unsaturated/α-hetero) is 1. The number of aromatic nitrogens is 2. The van der Waals surface area contributed by atoms with Crippen LogP contribution < -0.4 is 10.5 Å². The summed E-state index contributed by atoms with van der Waals surface area (Å²) in [7, 11) is 0. The van der Waals surface area contributed by atoms with E-state index in [0.717, 1.165) is 16.5 Å². The first-order valence-corrected chi connectivity index (χ1v) is 9.18. The lowest BCUT2D eigenvalue weighted by atomic mass is 10.2. The van der Waals surface area contributed by atoms with E-state index in [1.165, 1.54) is 11.3 Å². The molecule has 7 nitrogen and oxygen atoms in total. The van der Waals surface area contributed by atoms with Crippen molar-refractivity contribution in [1.82, 2.24) is 9.55 Å². The quantitative estimate of drug-likeness (QED) is 0.279. The number of thiazole rings is 1. The molecular weight excluding hydrogens is 364 g/mol. The number of hydrogen-bond donors (Lipinski definition) is 1. The van der Waals surface area contributed by atoms with Gasteiger partial charge in [0.1, 0.15) is 12.4 Å². The van der Waals surface area contributed by atoms with Gasteiger partial charge in [-0.3, -0.25) is 9.36 Å². The summed E-state index contributed by atoms with van der Waals surface area (Å²) in [6.45, 7) is 3.70. The van der Waals surface area contributed by atoms with Crippen molar-refractivity contribution in [1.29, 1.82) is 0 Å². The molecule has 0 saturated heterocycles. The predicted octanol–water partition coefficient (Wildman–Crippen LogP) is 3.10. The number of para-hydroxylation sites is 1. The van der Waals surface area contributed by atoms with E-state index in [9.17, 15) is 4.79 Å². The van der Waals surface area contributed by atoms with Gasteiger partial charge in [-0.05, 0) is 32.0 Å². The molecular formula is C19H20N4O3S.